The Kier molecular flexibility index (Phi) is 1.81. The highest BCUT2D eigenvalue weighted by Crippen LogP contribution is 2.29. The fourth-order valence-electron chi connectivity index (χ4n) is 2.06. The molecule has 2 heterocycles. The van der Waals surface area contributed by atoms with E-state index in [1.54, 1.807) is 6.92 Å². The molecule has 2 rings (SSSR count). The Morgan fingerprint density at radius 3 is 3.08 bits per heavy atom. The monoisotopic (exact) mass is 170 g/mol. The predicted octanol–water partition coefficient (Wildman–Crippen LogP) is -0.445. The molecule has 2 fully saturated rings. The number of hydrogen-bond acceptors (Lipinski definition) is 3. The van der Waals surface area contributed by atoms with Gasteiger partial charge < -0.3 is 15.0 Å². The smallest absolute Gasteiger partial charge is 0.221 e. The zero-order valence-electron chi connectivity index (χ0n) is 7.30. The number of ether oxygens (including phenoxy) is 1. The van der Waals surface area contributed by atoms with Crippen molar-refractivity contribution in [1.29, 1.82) is 0 Å². The van der Waals surface area contributed by atoms with Crippen molar-refractivity contribution in [3.63, 3.8) is 0 Å². The van der Waals surface area contributed by atoms with Crippen LogP contribution in [0.2, 0.25) is 0 Å². The molecule has 0 saturated carbocycles. The van der Waals surface area contributed by atoms with Crippen LogP contribution in [0.5, 0.6) is 0 Å². The number of nitrogens with zero attached hydrogens (tertiary/aromatic N) is 1. The zero-order valence-corrected chi connectivity index (χ0v) is 7.30. The molecule has 4 nitrogen and oxygen atoms in total. The molecule has 1 amide bonds. The number of rotatable bonds is 0. The number of nitrogens with one attached hydrogen (secondary N) is 1. The molecule has 0 aromatic rings. The summed E-state index contributed by atoms with van der Waals surface area (Å²) < 4.78 is 5.62. The van der Waals surface area contributed by atoms with Crippen LogP contribution in [0.15, 0.2) is 0 Å². The van der Waals surface area contributed by atoms with Crippen LogP contribution in [0.4, 0.5) is 0 Å². The highest BCUT2D eigenvalue weighted by Gasteiger charge is 2.45. The van der Waals surface area contributed by atoms with E-state index >= 15 is 0 Å². The lowest BCUT2D eigenvalue weighted by molar-refractivity contribution is -0.143. The Hall–Kier alpha value is -0.610. The van der Waals surface area contributed by atoms with Gasteiger partial charge in [-0.1, -0.05) is 0 Å². The quantitative estimate of drug-likeness (QED) is 0.535. The van der Waals surface area contributed by atoms with E-state index in [1.165, 1.54) is 0 Å². The van der Waals surface area contributed by atoms with Gasteiger partial charge in [0.15, 0.2) is 5.72 Å². The molecule has 1 unspecified atom stereocenters. The second kappa shape index (κ2) is 2.71. The lowest BCUT2D eigenvalue weighted by Gasteiger charge is -2.31. The van der Waals surface area contributed by atoms with Crippen LogP contribution in [0.25, 0.3) is 0 Å². The summed E-state index contributed by atoms with van der Waals surface area (Å²) in [5, 5.41) is 3.22. The SMILES string of the molecule is CC(=O)N1CCOC12CCNC2. The molecular weight excluding hydrogens is 156 g/mol. The van der Waals surface area contributed by atoms with Gasteiger partial charge in [0.1, 0.15) is 0 Å². The third-order valence-corrected chi connectivity index (χ3v) is 2.65. The van der Waals surface area contributed by atoms with Gasteiger partial charge in [-0.05, 0) is 6.54 Å². The molecule has 1 N–H and O–H groups in total. The van der Waals surface area contributed by atoms with Gasteiger partial charge in [0.25, 0.3) is 0 Å². The van der Waals surface area contributed by atoms with Crippen LogP contribution in [0, 0.1) is 0 Å². The zero-order chi connectivity index (χ0) is 8.60. The summed E-state index contributed by atoms with van der Waals surface area (Å²) in [4.78, 5) is 13.1. The van der Waals surface area contributed by atoms with Crippen molar-refractivity contribution in [3.05, 3.63) is 0 Å². The Morgan fingerprint density at radius 2 is 2.50 bits per heavy atom. The average molecular weight is 170 g/mol. The van der Waals surface area contributed by atoms with Gasteiger partial charge in [-0.2, -0.15) is 0 Å². The Labute approximate surface area is 71.9 Å². The minimum Gasteiger partial charge on any atom is -0.352 e. The van der Waals surface area contributed by atoms with E-state index in [-0.39, 0.29) is 11.6 Å². The normalized spacial score (nSPS) is 34.9. The Bertz CT molecular complexity index is 194. The van der Waals surface area contributed by atoms with Crippen molar-refractivity contribution in [2.75, 3.05) is 26.2 Å². The third-order valence-electron chi connectivity index (χ3n) is 2.65. The minimum absolute atomic E-state index is 0.121. The molecule has 1 spiro atoms. The van der Waals surface area contributed by atoms with E-state index in [4.69, 9.17) is 4.74 Å². The molecule has 2 saturated heterocycles. The standard InChI is InChI=1S/C8H14N2O2/c1-7(11)10-4-5-12-8(10)2-3-9-6-8/h9H,2-6H2,1H3. The van der Waals surface area contributed by atoms with Gasteiger partial charge >= 0.3 is 0 Å². The molecule has 0 radical (unpaired) electrons. The summed E-state index contributed by atoms with van der Waals surface area (Å²) in [6.45, 7) is 4.77. The van der Waals surface area contributed by atoms with Crippen molar-refractivity contribution in [2.45, 2.75) is 19.1 Å². The lowest BCUT2D eigenvalue weighted by atomic mass is 10.1. The van der Waals surface area contributed by atoms with E-state index in [0.29, 0.717) is 6.61 Å². The molecule has 0 aromatic carbocycles. The van der Waals surface area contributed by atoms with E-state index in [1.807, 2.05) is 4.90 Å². The molecule has 1 atom stereocenters. The maximum absolute atomic E-state index is 11.2. The molecule has 2 aliphatic heterocycles. The first-order valence-electron chi connectivity index (χ1n) is 4.37. The Balaban J connectivity index is 2.17. The van der Waals surface area contributed by atoms with Gasteiger partial charge in [-0.3, -0.25) is 4.79 Å². The molecule has 0 bridgehead atoms. The second-order valence-electron chi connectivity index (χ2n) is 3.39. The van der Waals surface area contributed by atoms with Gasteiger partial charge in [0, 0.05) is 26.4 Å². The summed E-state index contributed by atoms with van der Waals surface area (Å²) in [5.74, 6) is 0.121. The van der Waals surface area contributed by atoms with Crippen LogP contribution in [0.3, 0.4) is 0 Å². The van der Waals surface area contributed by atoms with Crippen molar-refractivity contribution in [2.24, 2.45) is 0 Å². The first-order valence-corrected chi connectivity index (χ1v) is 4.37. The molecule has 2 aliphatic rings. The van der Waals surface area contributed by atoms with Crippen LogP contribution in [-0.4, -0.2) is 42.8 Å². The number of amides is 1. The Morgan fingerprint density at radius 1 is 1.67 bits per heavy atom. The van der Waals surface area contributed by atoms with Crippen LogP contribution in [0.1, 0.15) is 13.3 Å². The van der Waals surface area contributed by atoms with Crippen molar-refractivity contribution in [3.8, 4) is 0 Å². The summed E-state index contributed by atoms with van der Waals surface area (Å²) in [7, 11) is 0. The predicted molar refractivity (Wildman–Crippen MR) is 43.6 cm³/mol. The van der Waals surface area contributed by atoms with Crippen LogP contribution >= 0.6 is 0 Å². The molecule has 0 aliphatic carbocycles. The van der Waals surface area contributed by atoms with E-state index < -0.39 is 0 Å². The van der Waals surface area contributed by atoms with Gasteiger partial charge in [0.05, 0.1) is 6.61 Å². The average Bonchev–Trinajstić information content (AvgIpc) is 2.61. The summed E-state index contributed by atoms with van der Waals surface area (Å²) in [6.07, 6.45) is 0.923. The number of carbonyl (C=O) groups is 1. The molecule has 4 heteroatoms. The van der Waals surface area contributed by atoms with Crippen LogP contribution in [-0.2, 0) is 9.53 Å². The lowest BCUT2D eigenvalue weighted by Crippen LogP contribution is -2.48. The minimum atomic E-state index is -0.300. The van der Waals surface area contributed by atoms with Gasteiger partial charge in [-0.25, -0.2) is 0 Å². The number of hydrogen-bond donors (Lipinski definition) is 1. The van der Waals surface area contributed by atoms with E-state index in [0.717, 1.165) is 26.1 Å². The first kappa shape index (κ1) is 8.01. The summed E-state index contributed by atoms with van der Waals surface area (Å²) >= 11 is 0. The molecule has 68 valence electrons. The maximum atomic E-state index is 11.2. The van der Waals surface area contributed by atoms with Crippen molar-refractivity contribution >= 4 is 5.91 Å². The molecule has 12 heavy (non-hydrogen) atoms. The highest BCUT2D eigenvalue weighted by molar-refractivity contribution is 5.74. The van der Waals surface area contributed by atoms with Crippen LogP contribution < -0.4 is 5.32 Å². The topological polar surface area (TPSA) is 41.6 Å². The first-order chi connectivity index (χ1) is 5.75. The number of carbonyl (C=O) groups excluding carboxylic acids is 1. The summed E-state index contributed by atoms with van der Waals surface area (Å²) in [6, 6.07) is 0. The van der Waals surface area contributed by atoms with E-state index in [9.17, 15) is 4.79 Å². The fourth-order valence-corrected chi connectivity index (χ4v) is 2.06. The highest BCUT2D eigenvalue weighted by atomic mass is 16.5. The van der Waals surface area contributed by atoms with Crippen molar-refractivity contribution < 1.29 is 9.53 Å². The summed E-state index contributed by atoms with van der Waals surface area (Å²) in [5.41, 5.74) is -0.300. The molecule has 0 aromatic heterocycles. The van der Waals surface area contributed by atoms with Gasteiger partial charge in [-0.15, -0.1) is 0 Å². The molecular formula is C8H14N2O2. The largest absolute Gasteiger partial charge is 0.352 e. The third kappa shape index (κ3) is 1.03. The van der Waals surface area contributed by atoms with Crippen molar-refractivity contribution in [1.82, 2.24) is 10.2 Å². The fraction of sp³-hybridized carbons (Fsp3) is 0.875. The second-order valence-corrected chi connectivity index (χ2v) is 3.39. The van der Waals surface area contributed by atoms with Gasteiger partial charge in [0.2, 0.25) is 5.91 Å². The van der Waals surface area contributed by atoms with E-state index in [2.05, 4.69) is 5.32 Å². The maximum Gasteiger partial charge on any atom is 0.221 e.